The van der Waals surface area contributed by atoms with Crippen LogP contribution in [0.15, 0.2) is 35.6 Å². The van der Waals surface area contributed by atoms with Gasteiger partial charge in [0.05, 0.1) is 16.1 Å². The first kappa shape index (κ1) is 18.6. The SMILES string of the molecule is CCSc1ncc(Cl)c(C(=O)NNC(=O)c2ccccc2[N+](=O)[O-])n1. The predicted molar refractivity (Wildman–Crippen MR) is 91.5 cm³/mol. The van der Waals surface area contributed by atoms with Gasteiger partial charge >= 0.3 is 0 Å². The number of carbonyl (C=O) groups is 2. The number of nitro groups is 1. The van der Waals surface area contributed by atoms with Gasteiger partial charge in [0.1, 0.15) is 5.56 Å². The minimum atomic E-state index is -0.839. The monoisotopic (exact) mass is 381 g/mol. The summed E-state index contributed by atoms with van der Waals surface area (Å²) in [6.45, 7) is 1.90. The van der Waals surface area contributed by atoms with Crippen LogP contribution >= 0.6 is 23.4 Å². The third-order valence-electron chi connectivity index (χ3n) is 2.85. The van der Waals surface area contributed by atoms with E-state index in [-0.39, 0.29) is 22.0 Å². The third kappa shape index (κ3) is 4.64. The van der Waals surface area contributed by atoms with E-state index < -0.39 is 16.7 Å². The predicted octanol–water partition coefficient (Wildman–Crippen LogP) is 2.22. The maximum absolute atomic E-state index is 12.1. The molecule has 0 spiro atoms. The number of hydrogen-bond acceptors (Lipinski definition) is 7. The van der Waals surface area contributed by atoms with Crippen molar-refractivity contribution in [1.82, 2.24) is 20.8 Å². The number of aromatic nitrogens is 2. The number of para-hydroxylation sites is 1. The highest BCUT2D eigenvalue weighted by atomic mass is 35.5. The Bertz CT molecular complexity index is 833. The van der Waals surface area contributed by atoms with Gasteiger partial charge in [-0.15, -0.1) is 0 Å². The molecule has 1 aromatic carbocycles. The van der Waals surface area contributed by atoms with E-state index >= 15 is 0 Å². The molecular formula is C14H12ClN5O4S. The molecule has 9 nitrogen and oxygen atoms in total. The van der Waals surface area contributed by atoms with Crippen molar-refractivity contribution in [2.45, 2.75) is 12.1 Å². The van der Waals surface area contributed by atoms with Gasteiger partial charge in [0, 0.05) is 6.07 Å². The number of nitrogens with one attached hydrogen (secondary N) is 2. The van der Waals surface area contributed by atoms with Gasteiger partial charge in [-0.1, -0.05) is 42.4 Å². The van der Waals surface area contributed by atoms with E-state index in [0.29, 0.717) is 10.9 Å². The second kappa shape index (κ2) is 8.40. The van der Waals surface area contributed by atoms with Crippen molar-refractivity contribution in [3.8, 4) is 0 Å². The Kier molecular flexibility index (Phi) is 6.25. The van der Waals surface area contributed by atoms with Crippen LogP contribution in [0.25, 0.3) is 0 Å². The Labute approximate surface area is 151 Å². The van der Waals surface area contributed by atoms with Crippen molar-refractivity contribution in [1.29, 1.82) is 0 Å². The van der Waals surface area contributed by atoms with Crippen molar-refractivity contribution in [2.24, 2.45) is 0 Å². The molecule has 2 amide bonds. The molecule has 25 heavy (non-hydrogen) atoms. The molecule has 0 bridgehead atoms. The van der Waals surface area contributed by atoms with E-state index in [9.17, 15) is 19.7 Å². The van der Waals surface area contributed by atoms with Gasteiger partial charge in [-0.3, -0.25) is 30.6 Å². The number of thioether (sulfide) groups is 1. The Morgan fingerprint density at radius 3 is 2.64 bits per heavy atom. The Hall–Kier alpha value is -2.72. The van der Waals surface area contributed by atoms with E-state index in [2.05, 4.69) is 20.8 Å². The first-order valence-corrected chi connectivity index (χ1v) is 8.29. The zero-order chi connectivity index (χ0) is 18.4. The fourth-order valence-electron chi connectivity index (χ4n) is 1.77. The molecule has 130 valence electrons. The molecule has 0 saturated heterocycles. The van der Waals surface area contributed by atoms with Crippen LogP contribution in [0.3, 0.4) is 0 Å². The second-order valence-electron chi connectivity index (χ2n) is 4.46. The fraction of sp³-hybridized carbons (Fsp3) is 0.143. The summed E-state index contributed by atoms with van der Waals surface area (Å²) in [4.78, 5) is 42.4. The molecule has 0 aliphatic rings. The van der Waals surface area contributed by atoms with Gasteiger partial charge in [0.15, 0.2) is 10.9 Å². The summed E-state index contributed by atoms with van der Waals surface area (Å²) in [5.41, 5.74) is 3.55. The highest BCUT2D eigenvalue weighted by molar-refractivity contribution is 7.99. The standard InChI is InChI=1S/C14H12ClN5O4S/c1-2-25-14-16-7-9(15)11(17-14)13(22)19-18-12(21)8-5-3-4-6-10(8)20(23)24/h3-7H,2H2,1H3,(H,18,21)(H,19,22). The summed E-state index contributed by atoms with van der Waals surface area (Å²) in [6, 6.07) is 5.36. The lowest BCUT2D eigenvalue weighted by atomic mass is 10.2. The van der Waals surface area contributed by atoms with Crippen LogP contribution in [0, 0.1) is 10.1 Å². The first-order valence-electron chi connectivity index (χ1n) is 6.93. The van der Waals surface area contributed by atoms with E-state index in [0.717, 1.165) is 0 Å². The first-order chi connectivity index (χ1) is 11.9. The molecule has 2 aromatic rings. The fourth-order valence-corrected chi connectivity index (χ4v) is 2.49. The highest BCUT2D eigenvalue weighted by Crippen LogP contribution is 2.18. The highest BCUT2D eigenvalue weighted by Gasteiger charge is 2.20. The van der Waals surface area contributed by atoms with Crippen molar-refractivity contribution >= 4 is 40.9 Å². The topological polar surface area (TPSA) is 127 Å². The number of nitrogens with zero attached hydrogens (tertiary/aromatic N) is 3. The molecule has 2 N–H and O–H groups in total. The summed E-state index contributed by atoms with van der Waals surface area (Å²) >= 11 is 7.21. The average molecular weight is 382 g/mol. The molecule has 2 rings (SSSR count). The van der Waals surface area contributed by atoms with Crippen LogP contribution in [0.5, 0.6) is 0 Å². The van der Waals surface area contributed by atoms with Crippen molar-refractivity contribution < 1.29 is 14.5 Å². The Morgan fingerprint density at radius 2 is 1.96 bits per heavy atom. The Balaban J connectivity index is 2.11. The molecule has 0 aliphatic carbocycles. The number of rotatable bonds is 5. The summed E-state index contributed by atoms with van der Waals surface area (Å²) in [5, 5.41) is 11.3. The molecule has 11 heteroatoms. The van der Waals surface area contributed by atoms with Crippen molar-refractivity contribution in [3.05, 3.63) is 56.9 Å². The molecule has 1 aromatic heterocycles. The van der Waals surface area contributed by atoms with Gasteiger partial charge in [-0.25, -0.2) is 9.97 Å². The van der Waals surface area contributed by atoms with E-state index in [4.69, 9.17) is 11.6 Å². The quantitative estimate of drug-likeness (QED) is 0.352. The largest absolute Gasteiger partial charge is 0.289 e. The average Bonchev–Trinajstić information content (AvgIpc) is 2.61. The molecule has 0 fully saturated rings. The molecule has 1 heterocycles. The minimum absolute atomic E-state index is 0.0119. The number of carbonyl (C=O) groups excluding carboxylic acids is 2. The van der Waals surface area contributed by atoms with Crippen LogP contribution in [0.1, 0.15) is 27.8 Å². The summed E-state index contributed by atoms with van der Waals surface area (Å²) < 4.78 is 0. The lowest BCUT2D eigenvalue weighted by Crippen LogP contribution is -2.42. The van der Waals surface area contributed by atoms with Crippen LogP contribution < -0.4 is 10.9 Å². The van der Waals surface area contributed by atoms with E-state index in [1.165, 1.54) is 42.2 Å². The smallest absolute Gasteiger partial charge is 0.267 e. The van der Waals surface area contributed by atoms with E-state index in [1.54, 1.807) is 0 Å². The van der Waals surface area contributed by atoms with Crippen LogP contribution in [0.4, 0.5) is 5.69 Å². The number of amides is 2. The number of benzene rings is 1. The van der Waals surface area contributed by atoms with Crippen LogP contribution in [-0.2, 0) is 0 Å². The summed E-state index contributed by atoms with van der Waals surface area (Å²) in [5.74, 6) is -0.900. The van der Waals surface area contributed by atoms with Gasteiger partial charge in [-0.2, -0.15) is 0 Å². The number of nitro benzene ring substituents is 1. The maximum Gasteiger partial charge on any atom is 0.289 e. The Morgan fingerprint density at radius 1 is 1.28 bits per heavy atom. The number of hydrazine groups is 1. The van der Waals surface area contributed by atoms with Gasteiger partial charge in [0.25, 0.3) is 17.5 Å². The third-order valence-corrected chi connectivity index (χ3v) is 3.87. The molecule has 0 unspecified atom stereocenters. The van der Waals surface area contributed by atoms with Gasteiger partial charge in [0.2, 0.25) is 0 Å². The molecular weight excluding hydrogens is 370 g/mol. The number of hydrogen-bond donors (Lipinski definition) is 2. The van der Waals surface area contributed by atoms with Crippen molar-refractivity contribution in [3.63, 3.8) is 0 Å². The zero-order valence-corrected chi connectivity index (χ0v) is 14.4. The van der Waals surface area contributed by atoms with Gasteiger partial charge in [-0.05, 0) is 11.8 Å². The maximum atomic E-state index is 12.1. The lowest BCUT2D eigenvalue weighted by molar-refractivity contribution is -0.385. The zero-order valence-electron chi connectivity index (χ0n) is 12.9. The second-order valence-corrected chi connectivity index (χ2v) is 6.10. The van der Waals surface area contributed by atoms with Gasteiger partial charge < -0.3 is 0 Å². The lowest BCUT2D eigenvalue weighted by Gasteiger charge is -2.08. The van der Waals surface area contributed by atoms with E-state index in [1.807, 2.05) is 6.92 Å². The number of halogens is 1. The van der Waals surface area contributed by atoms with Crippen molar-refractivity contribution in [2.75, 3.05) is 5.75 Å². The summed E-state index contributed by atoms with van der Waals surface area (Å²) in [7, 11) is 0. The molecule has 0 saturated carbocycles. The van der Waals surface area contributed by atoms with Crippen LogP contribution in [0.2, 0.25) is 5.02 Å². The molecule has 0 radical (unpaired) electrons. The molecule has 0 aliphatic heterocycles. The summed E-state index contributed by atoms with van der Waals surface area (Å²) in [6.07, 6.45) is 1.28. The molecule has 0 atom stereocenters. The minimum Gasteiger partial charge on any atom is -0.267 e. The normalized spacial score (nSPS) is 10.2. The van der Waals surface area contributed by atoms with Crippen LogP contribution in [-0.4, -0.2) is 32.5 Å².